The van der Waals surface area contributed by atoms with E-state index in [0.717, 1.165) is 5.56 Å². The molecule has 1 aromatic carbocycles. The summed E-state index contributed by atoms with van der Waals surface area (Å²) in [5, 5.41) is 3.08. The smallest absolute Gasteiger partial charge is 0.410 e. The standard InChI is InChI=1S/C23H33N3O4/c1-16-5-7-17(8-6-16)14-26-15-18(13-20(26)27)21(28)24-19-9-11-25(12-10-19)22(29)30-23(2,3)4/h5-8,18-19H,9-15H2,1-4H3,(H,24,28). The fourth-order valence-corrected chi connectivity index (χ4v) is 3.87. The van der Waals surface area contributed by atoms with Gasteiger partial charge in [-0.15, -0.1) is 0 Å². The molecule has 0 radical (unpaired) electrons. The molecule has 1 atom stereocenters. The van der Waals surface area contributed by atoms with E-state index in [0.29, 0.717) is 39.0 Å². The summed E-state index contributed by atoms with van der Waals surface area (Å²) in [5.41, 5.74) is 1.74. The van der Waals surface area contributed by atoms with Crippen molar-refractivity contribution in [2.45, 2.75) is 65.1 Å². The van der Waals surface area contributed by atoms with Gasteiger partial charge in [-0.2, -0.15) is 0 Å². The van der Waals surface area contributed by atoms with Crippen LogP contribution in [-0.4, -0.2) is 59.0 Å². The van der Waals surface area contributed by atoms with Gasteiger partial charge in [-0.25, -0.2) is 4.79 Å². The quantitative estimate of drug-likeness (QED) is 0.820. The fraction of sp³-hybridized carbons (Fsp3) is 0.609. The molecule has 0 saturated carbocycles. The summed E-state index contributed by atoms with van der Waals surface area (Å²) < 4.78 is 5.41. The van der Waals surface area contributed by atoms with Crippen LogP contribution in [0.5, 0.6) is 0 Å². The molecule has 0 bridgehead atoms. The van der Waals surface area contributed by atoms with E-state index in [1.54, 1.807) is 9.80 Å². The lowest BCUT2D eigenvalue weighted by atomic mass is 10.0. The number of benzene rings is 1. The van der Waals surface area contributed by atoms with Crippen LogP contribution in [0.1, 0.15) is 51.2 Å². The number of nitrogens with one attached hydrogen (secondary N) is 1. The molecule has 0 spiro atoms. The molecule has 1 aromatic rings. The summed E-state index contributed by atoms with van der Waals surface area (Å²) in [6, 6.07) is 8.13. The molecular formula is C23H33N3O4. The Kier molecular flexibility index (Phi) is 6.68. The van der Waals surface area contributed by atoms with Gasteiger partial charge in [0.25, 0.3) is 0 Å². The van der Waals surface area contributed by atoms with Crippen molar-refractivity contribution < 1.29 is 19.1 Å². The van der Waals surface area contributed by atoms with E-state index < -0.39 is 5.60 Å². The first-order chi connectivity index (χ1) is 14.1. The molecule has 0 aromatic heterocycles. The molecular weight excluding hydrogens is 382 g/mol. The summed E-state index contributed by atoms with van der Waals surface area (Å²) in [4.78, 5) is 40.7. The number of carbonyl (C=O) groups excluding carboxylic acids is 3. The van der Waals surface area contributed by atoms with Gasteiger partial charge in [-0.1, -0.05) is 29.8 Å². The van der Waals surface area contributed by atoms with Crippen LogP contribution in [0.2, 0.25) is 0 Å². The van der Waals surface area contributed by atoms with Crippen LogP contribution in [0.15, 0.2) is 24.3 Å². The highest BCUT2D eigenvalue weighted by Gasteiger charge is 2.35. The summed E-state index contributed by atoms with van der Waals surface area (Å²) in [6.45, 7) is 9.69. The molecule has 3 amide bonds. The largest absolute Gasteiger partial charge is 0.444 e. The Hall–Kier alpha value is -2.57. The topological polar surface area (TPSA) is 79.0 Å². The zero-order chi connectivity index (χ0) is 21.9. The number of ether oxygens (including phenoxy) is 1. The molecule has 30 heavy (non-hydrogen) atoms. The molecule has 3 rings (SSSR count). The molecule has 2 fully saturated rings. The first kappa shape index (κ1) is 22.1. The second-order valence-electron chi connectivity index (χ2n) is 9.41. The first-order valence-corrected chi connectivity index (χ1v) is 10.7. The van der Waals surface area contributed by atoms with Crippen molar-refractivity contribution >= 4 is 17.9 Å². The number of piperidine rings is 1. The fourth-order valence-electron chi connectivity index (χ4n) is 3.87. The van der Waals surface area contributed by atoms with E-state index in [-0.39, 0.29) is 36.3 Å². The van der Waals surface area contributed by atoms with Crippen molar-refractivity contribution in [3.63, 3.8) is 0 Å². The van der Waals surface area contributed by atoms with Gasteiger partial charge in [0, 0.05) is 38.6 Å². The number of likely N-dealkylation sites (tertiary alicyclic amines) is 2. The second kappa shape index (κ2) is 9.06. The molecule has 1 unspecified atom stereocenters. The van der Waals surface area contributed by atoms with Crippen molar-refractivity contribution in [3.05, 3.63) is 35.4 Å². The lowest BCUT2D eigenvalue weighted by Crippen LogP contribution is -2.49. The van der Waals surface area contributed by atoms with Crippen LogP contribution in [0, 0.1) is 12.8 Å². The Labute approximate surface area is 178 Å². The Balaban J connectivity index is 1.45. The third-order valence-electron chi connectivity index (χ3n) is 5.57. The maximum absolute atomic E-state index is 12.7. The van der Waals surface area contributed by atoms with E-state index in [4.69, 9.17) is 4.74 Å². The van der Waals surface area contributed by atoms with Gasteiger partial charge in [-0.3, -0.25) is 9.59 Å². The van der Waals surface area contributed by atoms with Crippen LogP contribution in [0.4, 0.5) is 4.79 Å². The molecule has 7 heteroatoms. The van der Waals surface area contributed by atoms with Gasteiger partial charge in [0.15, 0.2) is 0 Å². The normalized spacial score (nSPS) is 20.4. The number of hydrogen-bond donors (Lipinski definition) is 1. The van der Waals surface area contributed by atoms with Gasteiger partial charge in [0.2, 0.25) is 11.8 Å². The zero-order valence-corrected chi connectivity index (χ0v) is 18.4. The molecule has 2 saturated heterocycles. The monoisotopic (exact) mass is 415 g/mol. The van der Waals surface area contributed by atoms with Gasteiger partial charge >= 0.3 is 6.09 Å². The minimum Gasteiger partial charge on any atom is -0.444 e. The molecule has 7 nitrogen and oxygen atoms in total. The maximum atomic E-state index is 12.7. The highest BCUT2D eigenvalue weighted by Crippen LogP contribution is 2.22. The summed E-state index contributed by atoms with van der Waals surface area (Å²) in [6.07, 6.45) is 1.34. The van der Waals surface area contributed by atoms with Crippen molar-refractivity contribution in [1.82, 2.24) is 15.1 Å². The molecule has 2 aliphatic rings. The van der Waals surface area contributed by atoms with Crippen LogP contribution >= 0.6 is 0 Å². The molecule has 2 heterocycles. The average molecular weight is 416 g/mol. The third kappa shape index (κ3) is 5.97. The minimum absolute atomic E-state index is 0.0236. The zero-order valence-electron chi connectivity index (χ0n) is 18.4. The molecule has 0 aliphatic carbocycles. The van der Waals surface area contributed by atoms with Gasteiger partial charge in [0.05, 0.1) is 5.92 Å². The summed E-state index contributed by atoms with van der Waals surface area (Å²) in [7, 11) is 0. The highest BCUT2D eigenvalue weighted by atomic mass is 16.6. The lowest BCUT2D eigenvalue weighted by molar-refractivity contribution is -0.129. The SMILES string of the molecule is Cc1ccc(CN2CC(C(=O)NC3CCN(C(=O)OC(C)(C)C)CC3)CC2=O)cc1. The van der Waals surface area contributed by atoms with Crippen LogP contribution in [-0.2, 0) is 20.9 Å². The second-order valence-corrected chi connectivity index (χ2v) is 9.41. The first-order valence-electron chi connectivity index (χ1n) is 10.7. The van der Waals surface area contributed by atoms with Crippen LogP contribution in [0.25, 0.3) is 0 Å². The average Bonchev–Trinajstić information content (AvgIpc) is 3.03. The predicted octanol–water partition coefficient (Wildman–Crippen LogP) is 2.86. The molecule has 1 N–H and O–H groups in total. The minimum atomic E-state index is -0.512. The Morgan fingerprint density at radius 2 is 1.77 bits per heavy atom. The van der Waals surface area contributed by atoms with Crippen molar-refractivity contribution in [3.8, 4) is 0 Å². The number of hydrogen-bond acceptors (Lipinski definition) is 4. The molecule has 164 valence electrons. The lowest BCUT2D eigenvalue weighted by Gasteiger charge is -2.34. The highest BCUT2D eigenvalue weighted by molar-refractivity contribution is 5.89. The number of amides is 3. The van der Waals surface area contributed by atoms with Crippen LogP contribution in [0.3, 0.4) is 0 Å². The van der Waals surface area contributed by atoms with Gasteiger partial charge in [-0.05, 0) is 46.1 Å². The van der Waals surface area contributed by atoms with E-state index >= 15 is 0 Å². The van der Waals surface area contributed by atoms with Gasteiger partial charge in [0.1, 0.15) is 5.60 Å². The summed E-state index contributed by atoms with van der Waals surface area (Å²) >= 11 is 0. The van der Waals surface area contributed by atoms with E-state index in [1.165, 1.54) is 5.56 Å². The van der Waals surface area contributed by atoms with Gasteiger partial charge < -0.3 is 19.9 Å². The third-order valence-corrected chi connectivity index (χ3v) is 5.57. The Morgan fingerprint density at radius 1 is 1.13 bits per heavy atom. The van der Waals surface area contributed by atoms with E-state index in [9.17, 15) is 14.4 Å². The predicted molar refractivity (Wildman–Crippen MR) is 114 cm³/mol. The van der Waals surface area contributed by atoms with Crippen molar-refractivity contribution in [1.29, 1.82) is 0 Å². The maximum Gasteiger partial charge on any atom is 0.410 e. The van der Waals surface area contributed by atoms with Crippen molar-refractivity contribution in [2.24, 2.45) is 5.92 Å². The number of nitrogens with zero attached hydrogens (tertiary/aromatic N) is 2. The van der Waals surface area contributed by atoms with E-state index in [1.807, 2.05) is 52.0 Å². The Bertz CT molecular complexity index is 777. The molecule has 2 aliphatic heterocycles. The van der Waals surface area contributed by atoms with Crippen molar-refractivity contribution in [2.75, 3.05) is 19.6 Å². The van der Waals surface area contributed by atoms with E-state index in [2.05, 4.69) is 5.32 Å². The van der Waals surface area contributed by atoms with Crippen LogP contribution < -0.4 is 5.32 Å². The Morgan fingerprint density at radius 3 is 2.37 bits per heavy atom. The number of rotatable bonds is 4. The number of carbonyl (C=O) groups is 3. The number of aryl methyl sites for hydroxylation is 1. The summed E-state index contributed by atoms with van der Waals surface area (Å²) in [5.74, 6) is -0.354.